The van der Waals surface area contributed by atoms with Crippen LogP contribution in [0.5, 0.6) is 0 Å². The minimum atomic E-state index is -0.383. The summed E-state index contributed by atoms with van der Waals surface area (Å²) in [6.07, 6.45) is 1.17. The number of nitrogens with zero attached hydrogens (tertiary/aromatic N) is 1. The summed E-state index contributed by atoms with van der Waals surface area (Å²) in [4.78, 5) is 25.5. The molecular weight excluding hydrogens is 292 g/mol. The molecule has 0 spiro atoms. The number of carbonyl (C=O) groups excluding carboxylic acids is 2. The second kappa shape index (κ2) is 6.80. The monoisotopic (exact) mass is 310 g/mol. The van der Waals surface area contributed by atoms with Gasteiger partial charge in [0.15, 0.2) is 0 Å². The zero-order valence-electron chi connectivity index (χ0n) is 12.2. The van der Waals surface area contributed by atoms with Crippen molar-refractivity contribution in [1.29, 1.82) is 0 Å². The van der Waals surface area contributed by atoms with Gasteiger partial charge in [0.2, 0.25) is 5.91 Å². The smallest absolute Gasteiger partial charge is 0.409 e. The highest BCUT2D eigenvalue weighted by atomic mass is 35.5. The maximum absolute atomic E-state index is 12.4. The molecule has 6 heteroatoms. The van der Waals surface area contributed by atoms with Crippen LogP contribution in [0.15, 0.2) is 18.2 Å². The number of hydrogen-bond donors (Lipinski definition) is 1. The summed E-state index contributed by atoms with van der Waals surface area (Å²) in [5.41, 5.74) is 1.66. The van der Waals surface area contributed by atoms with Crippen LogP contribution in [-0.4, -0.2) is 37.1 Å². The fraction of sp³-hybridized carbons (Fsp3) is 0.467. The van der Waals surface area contributed by atoms with Crippen molar-refractivity contribution in [3.8, 4) is 0 Å². The lowest BCUT2D eigenvalue weighted by atomic mass is 9.97. The maximum atomic E-state index is 12.4. The third kappa shape index (κ3) is 3.88. The highest BCUT2D eigenvalue weighted by molar-refractivity contribution is 6.31. The molecule has 1 fully saturated rings. The number of anilines is 1. The number of rotatable bonds is 2. The first-order valence-corrected chi connectivity index (χ1v) is 7.29. The lowest BCUT2D eigenvalue weighted by molar-refractivity contribution is -0.121. The first-order valence-electron chi connectivity index (χ1n) is 6.91. The molecular formula is C15H19ClN2O3. The first-order chi connectivity index (χ1) is 10.0. The largest absolute Gasteiger partial charge is 0.453 e. The van der Waals surface area contributed by atoms with Crippen LogP contribution in [0.2, 0.25) is 5.02 Å². The maximum Gasteiger partial charge on any atom is 0.409 e. The molecule has 1 aromatic carbocycles. The van der Waals surface area contributed by atoms with Gasteiger partial charge in [-0.1, -0.05) is 17.7 Å². The van der Waals surface area contributed by atoms with Crippen molar-refractivity contribution >= 4 is 29.3 Å². The SMILES string of the molecule is COC(=O)N1CCCC(C(=O)Nc2cc(Cl)ccc2C)C1. The van der Waals surface area contributed by atoms with Gasteiger partial charge in [-0.05, 0) is 37.5 Å². The standard InChI is InChI=1S/C15H19ClN2O3/c1-10-5-6-12(16)8-13(10)17-14(19)11-4-3-7-18(9-11)15(20)21-2/h5-6,8,11H,3-4,7,9H2,1-2H3,(H,17,19). The molecule has 114 valence electrons. The molecule has 1 aromatic rings. The number of amides is 2. The van der Waals surface area contributed by atoms with Crippen molar-refractivity contribution in [3.63, 3.8) is 0 Å². The Balaban J connectivity index is 2.02. The van der Waals surface area contributed by atoms with Crippen molar-refractivity contribution in [2.75, 3.05) is 25.5 Å². The van der Waals surface area contributed by atoms with Crippen molar-refractivity contribution < 1.29 is 14.3 Å². The molecule has 0 bridgehead atoms. The lowest BCUT2D eigenvalue weighted by Gasteiger charge is -2.31. The van der Waals surface area contributed by atoms with E-state index in [-0.39, 0.29) is 17.9 Å². The summed E-state index contributed by atoms with van der Waals surface area (Å²) >= 11 is 5.95. The number of ether oxygens (including phenoxy) is 1. The van der Waals surface area contributed by atoms with Crippen LogP contribution in [0.3, 0.4) is 0 Å². The van der Waals surface area contributed by atoms with Crippen LogP contribution < -0.4 is 5.32 Å². The van der Waals surface area contributed by atoms with Gasteiger partial charge in [-0.3, -0.25) is 4.79 Å². The Bertz CT molecular complexity index is 548. The minimum absolute atomic E-state index is 0.0889. The molecule has 2 amide bonds. The van der Waals surface area contributed by atoms with Crippen molar-refractivity contribution in [3.05, 3.63) is 28.8 Å². The average molecular weight is 311 g/mol. The van der Waals surface area contributed by atoms with Crippen LogP contribution in [-0.2, 0) is 9.53 Å². The topological polar surface area (TPSA) is 58.6 Å². The normalized spacial score (nSPS) is 18.2. The molecule has 1 atom stereocenters. The lowest BCUT2D eigenvalue weighted by Crippen LogP contribution is -2.43. The molecule has 0 radical (unpaired) electrons. The molecule has 1 N–H and O–H groups in total. The molecule has 5 nitrogen and oxygen atoms in total. The van der Waals surface area contributed by atoms with Crippen molar-refractivity contribution in [2.45, 2.75) is 19.8 Å². The van der Waals surface area contributed by atoms with Crippen LogP contribution >= 0.6 is 11.6 Å². The van der Waals surface area contributed by atoms with Gasteiger partial charge in [-0.15, -0.1) is 0 Å². The highest BCUT2D eigenvalue weighted by Crippen LogP contribution is 2.23. The molecule has 1 unspecified atom stereocenters. The summed E-state index contributed by atoms with van der Waals surface area (Å²) in [5.74, 6) is -0.315. The molecule has 1 aliphatic rings. The second-order valence-corrected chi connectivity index (χ2v) is 5.64. The summed E-state index contributed by atoms with van der Waals surface area (Å²) in [6.45, 7) is 2.93. The van der Waals surface area contributed by atoms with Crippen molar-refractivity contribution in [2.24, 2.45) is 5.92 Å². The van der Waals surface area contributed by atoms with E-state index in [1.807, 2.05) is 13.0 Å². The third-order valence-electron chi connectivity index (χ3n) is 3.68. The van der Waals surface area contributed by atoms with E-state index >= 15 is 0 Å². The van der Waals surface area contributed by atoms with Crippen LogP contribution in [0.4, 0.5) is 10.5 Å². The summed E-state index contributed by atoms with van der Waals surface area (Å²) in [7, 11) is 1.35. The van der Waals surface area contributed by atoms with Gasteiger partial charge < -0.3 is 15.0 Å². The Kier molecular flexibility index (Phi) is 5.07. The summed E-state index contributed by atoms with van der Waals surface area (Å²) in [6, 6.07) is 5.38. The number of aryl methyl sites for hydroxylation is 1. The number of carbonyl (C=O) groups is 2. The predicted molar refractivity (Wildman–Crippen MR) is 81.5 cm³/mol. The predicted octanol–water partition coefficient (Wildman–Crippen LogP) is 3.07. The first kappa shape index (κ1) is 15.6. The fourth-order valence-corrected chi connectivity index (χ4v) is 2.62. The van der Waals surface area contributed by atoms with E-state index in [1.54, 1.807) is 17.0 Å². The van der Waals surface area contributed by atoms with Crippen LogP contribution in [0.25, 0.3) is 0 Å². The number of benzene rings is 1. The van der Waals surface area contributed by atoms with E-state index in [2.05, 4.69) is 5.32 Å². The third-order valence-corrected chi connectivity index (χ3v) is 3.92. The second-order valence-electron chi connectivity index (χ2n) is 5.20. The molecule has 21 heavy (non-hydrogen) atoms. The molecule has 1 saturated heterocycles. The Hall–Kier alpha value is -1.75. The van der Waals surface area contributed by atoms with Gasteiger partial charge in [-0.25, -0.2) is 4.79 Å². The summed E-state index contributed by atoms with van der Waals surface area (Å²) < 4.78 is 4.71. The Morgan fingerprint density at radius 2 is 2.19 bits per heavy atom. The van der Waals surface area contributed by atoms with Gasteiger partial charge in [0.05, 0.1) is 13.0 Å². The molecule has 1 heterocycles. The Morgan fingerprint density at radius 1 is 1.43 bits per heavy atom. The molecule has 0 aliphatic carbocycles. The fourth-order valence-electron chi connectivity index (χ4n) is 2.45. The number of nitrogens with one attached hydrogen (secondary N) is 1. The van der Waals surface area contributed by atoms with E-state index in [0.717, 1.165) is 18.4 Å². The highest BCUT2D eigenvalue weighted by Gasteiger charge is 2.29. The zero-order valence-corrected chi connectivity index (χ0v) is 12.9. The molecule has 1 aliphatic heterocycles. The van der Waals surface area contributed by atoms with Crippen molar-refractivity contribution in [1.82, 2.24) is 4.90 Å². The van der Waals surface area contributed by atoms with Gasteiger partial charge in [-0.2, -0.15) is 0 Å². The van der Waals surface area contributed by atoms with Gasteiger partial charge in [0.25, 0.3) is 0 Å². The van der Waals surface area contributed by atoms with Gasteiger partial charge >= 0.3 is 6.09 Å². The van der Waals surface area contributed by atoms with Gasteiger partial charge in [0, 0.05) is 23.8 Å². The number of halogens is 1. The number of piperidine rings is 1. The van der Waals surface area contributed by atoms with Crippen LogP contribution in [0.1, 0.15) is 18.4 Å². The van der Waals surface area contributed by atoms with E-state index in [1.165, 1.54) is 7.11 Å². The molecule has 2 rings (SSSR count). The Morgan fingerprint density at radius 3 is 2.90 bits per heavy atom. The zero-order chi connectivity index (χ0) is 15.4. The summed E-state index contributed by atoms with van der Waals surface area (Å²) in [5, 5.41) is 3.48. The number of methoxy groups -OCH3 is 1. The van der Waals surface area contributed by atoms with Crippen LogP contribution in [0, 0.1) is 12.8 Å². The average Bonchev–Trinajstić information content (AvgIpc) is 2.50. The van der Waals surface area contributed by atoms with E-state index in [4.69, 9.17) is 16.3 Å². The molecule has 0 aromatic heterocycles. The minimum Gasteiger partial charge on any atom is -0.453 e. The number of hydrogen-bond acceptors (Lipinski definition) is 3. The van der Waals surface area contributed by atoms with E-state index in [9.17, 15) is 9.59 Å². The quantitative estimate of drug-likeness (QED) is 0.913. The van der Waals surface area contributed by atoms with E-state index in [0.29, 0.717) is 23.8 Å². The molecule has 0 saturated carbocycles. The van der Waals surface area contributed by atoms with Gasteiger partial charge in [0.1, 0.15) is 0 Å². The Labute approximate surface area is 129 Å². The van der Waals surface area contributed by atoms with E-state index < -0.39 is 0 Å². The number of likely N-dealkylation sites (tertiary alicyclic amines) is 1.